The summed E-state index contributed by atoms with van der Waals surface area (Å²) in [5, 5.41) is 4.64. The van der Waals surface area contributed by atoms with E-state index in [1.807, 2.05) is 30.5 Å². The van der Waals surface area contributed by atoms with Crippen LogP contribution in [-0.2, 0) is 0 Å². The van der Waals surface area contributed by atoms with E-state index in [1.54, 1.807) is 6.07 Å². The van der Waals surface area contributed by atoms with Crippen LogP contribution in [0.15, 0.2) is 24.3 Å². The first-order chi connectivity index (χ1) is 12.5. The van der Waals surface area contributed by atoms with Crippen LogP contribution in [0.2, 0.25) is 0 Å². The third kappa shape index (κ3) is 3.33. The molecule has 2 N–H and O–H groups in total. The van der Waals surface area contributed by atoms with Crippen LogP contribution in [0.1, 0.15) is 17.8 Å². The smallest absolute Gasteiger partial charge is 0.178 e. The van der Waals surface area contributed by atoms with Gasteiger partial charge in [-0.15, -0.1) is 12.4 Å². The summed E-state index contributed by atoms with van der Waals surface area (Å²) in [5.41, 5.74) is 11.1. The van der Waals surface area contributed by atoms with Gasteiger partial charge in [-0.05, 0) is 44.5 Å². The van der Waals surface area contributed by atoms with Gasteiger partial charge < -0.3 is 15.4 Å². The summed E-state index contributed by atoms with van der Waals surface area (Å²) in [6.07, 6.45) is 0.962. The van der Waals surface area contributed by atoms with Crippen molar-refractivity contribution in [3.05, 3.63) is 41.5 Å². The molecule has 2 aromatic heterocycles. The van der Waals surface area contributed by atoms with E-state index in [2.05, 4.69) is 10.00 Å². The minimum Gasteiger partial charge on any atom is -0.494 e. The predicted molar refractivity (Wildman–Crippen MR) is 106 cm³/mol. The third-order valence-corrected chi connectivity index (χ3v) is 4.85. The Hall–Kier alpha value is -2.38. The number of nitrogens with zero attached hydrogens (tertiary/aromatic N) is 4. The Morgan fingerprint density at radius 1 is 1.26 bits per heavy atom. The number of benzene rings is 1. The van der Waals surface area contributed by atoms with Gasteiger partial charge >= 0.3 is 0 Å². The molecule has 27 heavy (non-hydrogen) atoms. The Kier molecular flexibility index (Phi) is 5.26. The van der Waals surface area contributed by atoms with Crippen molar-refractivity contribution in [2.24, 2.45) is 5.73 Å². The number of rotatable bonds is 3. The molecule has 0 spiro atoms. The SMILES string of the molecule is COc1ccc(-c2c(C)nc3c(N4CCC(N)C4)cc(C)nn23)cc1F.Cl. The largest absolute Gasteiger partial charge is 0.494 e. The van der Waals surface area contributed by atoms with Gasteiger partial charge in [-0.1, -0.05) is 0 Å². The van der Waals surface area contributed by atoms with Crippen molar-refractivity contribution in [1.29, 1.82) is 0 Å². The van der Waals surface area contributed by atoms with E-state index in [0.29, 0.717) is 0 Å². The van der Waals surface area contributed by atoms with E-state index in [4.69, 9.17) is 15.5 Å². The van der Waals surface area contributed by atoms with Crippen LogP contribution < -0.4 is 15.4 Å². The van der Waals surface area contributed by atoms with Crippen molar-refractivity contribution in [3.63, 3.8) is 0 Å². The Morgan fingerprint density at radius 2 is 2.04 bits per heavy atom. The molecule has 0 bridgehead atoms. The van der Waals surface area contributed by atoms with Crippen LogP contribution >= 0.6 is 12.4 Å². The van der Waals surface area contributed by atoms with Crippen LogP contribution in [0.4, 0.5) is 10.1 Å². The summed E-state index contributed by atoms with van der Waals surface area (Å²) in [6, 6.07) is 7.13. The van der Waals surface area contributed by atoms with Gasteiger partial charge in [-0.2, -0.15) is 5.10 Å². The number of ether oxygens (including phenoxy) is 1. The fourth-order valence-corrected chi connectivity index (χ4v) is 3.61. The third-order valence-electron chi connectivity index (χ3n) is 4.85. The molecule has 3 aromatic rings. The summed E-state index contributed by atoms with van der Waals surface area (Å²) in [6.45, 7) is 5.57. The fourth-order valence-electron chi connectivity index (χ4n) is 3.61. The highest BCUT2D eigenvalue weighted by molar-refractivity contribution is 5.85. The zero-order valence-electron chi connectivity index (χ0n) is 15.6. The lowest BCUT2D eigenvalue weighted by Crippen LogP contribution is -2.27. The lowest BCUT2D eigenvalue weighted by molar-refractivity contribution is 0.386. The molecule has 1 aliphatic heterocycles. The van der Waals surface area contributed by atoms with E-state index >= 15 is 0 Å². The average Bonchev–Trinajstić information content (AvgIpc) is 3.17. The number of hydrogen-bond acceptors (Lipinski definition) is 5. The molecule has 0 aliphatic carbocycles. The molecule has 0 amide bonds. The lowest BCUT2D eigenvalue weighted by Gasteiger charge is -2.19. The molecule has 3 heterocycles. The van der Waals surface area contributed by atoms with Gasteiger partial charge in [0.15, 0.2) is 17.2 Å². The average molecular weight is 392 g/mol. The Morgan fingerprint density at radius 3 is 2.67 bits per heavy atom. The second kappa shape index (κ2) is 7.32. The number of imidazole rings is 1. The predicted octanol–water partition coefficient (Wildman–Crippen LogP) is 3.12. The van der Waals surface area contributed by atoms with Crippen LogP contribution in [-0.4, -0.2) is 40.8 Å². The molecule has 1 saturated heterocycles. The van der Waals surface area contributed by atoms with E-state index in [9.17, 15) is 4.39 Å². The second-order valence-electron chi connectivity index (χ2n) is 6.80. The van der Waals surface area contributed by atoms with Crippen molar-refractivity contribution in [3.8, 4) is 17.0 Å². The minimum absolute atomic E-state index is 0. The zero-order valence-corrected chi connectivity index (χ0v) is 16.4. The molecular formula is C19H23ClFN5O. The van der Waals surface area contributed by atoms with Gasteiger partial charge in [0.2, 0.25) is 0 Å². The molecule has 8 heteroatoms. The fraction of sp³-hybridized carbons (Fsp3) is 0.368. The summed E-state index contributed by atoms with van der Waals surface area (Å²) in [7, 11) is 1.45. The molecule has 4 rings (SSSR count). The molecule has 144 valence electrons. The Bertz CT molecular complexity index is 990. The number of aryl methyl sites for hydroxylation is 2. The van der Waals surface area contributed by atoms with Gasteiger partial charge in [0.1, 0.15) is 0 Å². The quantitative estimate of drug-likeness (QED) is 0.742. The van der Waals surface area contributed by atoms with E-state index in [0.717, 1.165) is 53.5 Å². The van der Waals surface area contributed by atoms with Crippen molar-refractivity contribution < 1.29 is 9.13 Å². The van der Waals surface area contributed by atoms with E-state index < -0.39 is 5.82 Å². The topological polar surface area (TPSA) is 68.7 Å². The van der Waals surface area contributed by atoms with E-state index in [-0.39, 0.29) is 24.2 Å². The molecule has 6 nitrogen and oxygen atoms in total. The molecule has 0 radical (unpaired) electrons. The molecule has 1 fully saturated rings. The molecule has 0 saturated carbocycles. The molecule has 1 aliphatic rings. The zero-order chi connectivity index (χ0) is 18.4. The maximum absolute atomic E-state index is 14.2. The normalized spacial score (nSPS) is 16.6. The first-order valence-corrected chi connectivity index (χ1v) is 8.69. The summed E-state index contributed by atoms with van der Waals surface area (Å²) < 4.78 is 21.1. The highest BCUT2D eigenvalue weighted by Gasteiger charge is 2.24. The second-order valence-corrected chi connectivity index (χ2v) is 6.80. The summed E-state index contributed by atoms with van der Waals surface area (Å²) in [5.74, 6) is -0.186. The number of halogens is 2. The van der Waals surface area contributed by atoms with Crippen LogP contribution in [0.3, 0.4) is 0 Å². The van der Waals surface area contributed by atoms with Gasteiger partial charge in [-0.25, -0.2) is 13.9 Å². The maximum atomic E-state index is 14.2. The first kappa shape index (κ1) is 19.4. The van der Waals surface area contributed by atoms with Crippen molar-refractivity contribution >= 4 is 23.7 Å². The number of fused-ring (bicyclic) bond motifs is 1. The molecular weight excluding hydrogens is 369 g/mol. The lowest BCUT2D eigenvalue weighted by atomic mass is 10.1. The van der Waals surface area contributed by atoms with Crippen LogP contribution in [0, 0.1) is 19.7 Å². The summed E-state index contributed by atoms with van der Waals surface area (Å²) >= 11 is 0. The molecule has 1 aromatic carbocycles. The van der Waals surface area contributed by atoms with Gasteiger partial charge in [-0.3, -0.25) is 0 Å². The van der Waals surface area contributed by atoms with Gasteiger partial charge in [0.25, 0.3) is 0 Å². The monoisotopic (exact) mass is 391 g/mol. The Balaban J connectivity index is 0.00000210. The number of nitrogens with two attached hydrogens (primary N) is 1. The minimum atomic E-state index is -0.405. The van der Waals surface area contributed by atoms with Gasteiger partial charge in [0.05, 0.1) is 29.9 Å². The Labute approximate surface area is 163 Å². The molecule has 1 atom stereocenters. The number of methoxy groups -OCH3 is 1. The van der Waals surface area contributed by atoms with Crippen LogP contribution in [0.25, 0.3) is 16.9 Å². The maximum Gasteiger partial charge on any atom is 0.178 e. The standard InChI is InChI=1S/C19H22FN5O.ClH/c1-11-8-16(24-7-6-14(21)10-24)19-22-12(2)18(25(19)23-11)13-4-5-17(26-3)15(20)9-13;/h4-5,8-9,14H,6-7,10,21H2,1-3H3;1H. The van der Waals surface area contributed by atoms with Crippen LogP contribution in [0.5, 0.6) is 5.75 Å². The first-order valence-electron chi connectivity index (χ1n) is 8.69. The highest BCUT2D eigenvalue weighted by Crippen LogP contribution is 2.32. The van der Waals surface area contributed by atoms with Gasteiger partial charge in [0, 0.05) is 24.7 Å². The van der Waals surface area contributed by atoms with Crippen molar-refractivity contribution in [2.45, 2.75) is 26.3 Å². The van der Waals surface area contributed by atoms with Crippen molar-refractivity contribution in [2.75, 3.05) is 25.1 Å². The van der Waals surface area contributed by atoms with Crippen molar-refractivity contribution in [1.82, 2.24) is 14.6 Å². The number of aromatic nitrogens is 3. The number of hydrogen-bond donors (Lipinski definition) is 1. The summed E-state index contributed by atoms with van der Waals surface area (Å²) in [4.78, 5) is 6.99. The number of anilines is 1. The van der Waals surface area contributed by atoms with E-state index in [1.165, 1.54) is 13.2 Å². The highest BCUT2D eigenvalue weighted by atomic mass is 35.5. The molecule has 1 unspecified atom stereocenters.